The van der Waals surface area contributed by atoms with Gasteiger partial charge in [-0.05, 0) is 24.5 Å². The van der Waals surface area contributed by atoms with Gasteiger partial charge in [0.2, 0.25) is 0 Å². The molecule has 2 N–H and O–H groups in total. The minimum atomic E-state index is -0.949. The van der Waals surface area contributed by atoms with E-state index in [-0.39, 0.29) is 29.4 Å². The highest BCUT2D eigenvalue weighted by Crippen LogP contribution is 2.26. The van der Waals surface area contributed by atoms with Crippen LogP contribution in [0.15, 0.2) is 18.2 Å². The highest BCUT2D eigenvalue weighted by molar-refractivity contribution is 5.71. The van der Waals surface area contributed by atoms with E-state index in [0.29, 0.717) is 6.42 Å². The third-order valence-corrected chi connectivity index (χ3v) is 2.97. The zero-order chi connectivity index (χ0) is 16.0. The molecular formula is C14H17N3O4. The molecule has 0 spiro atoms. The molecule has 7 heteroatoms. The molecule has 0 heterocycles. The number of nitrogens with zero attached hydrogens (tertiary/aromatic N) is 2. The highest BCUT2D eigenvalue weighted by atomic mass is 16.6. The number of nitrogens with one attached hydrogen (secondary N) is 1. The molecule has 0 saturated heterocycles. The van der Waals surface area contributed by atoms with Crippen molar-refractivity contribution in [2.75, 3.05) is 11.9 Å². The molecule has 0 aromatic heterocycles. The van der Waals surface area contributed by atoms with Gasteiger partial charge in [0, 0.05) is 12.6 Å². The van der Waals surface area contributed by atoms with E-state index in [4.69, 9.17) is 10.4 Å². The summed E-state index contributed by atoms with van der Waals surface area (Å²) >= 11 is 0. The Kier molecular flexibility index (Phi) is 5.67. The molecule has 0 radical (unpaired) electrons. The molecule has 1 aromatic rings. The van der Waals surface area contributed by atoms with Crippen molar-refractivity contribution in [3.05, 3.63) is 33.9 Å². The van der Waals surface area contributed by atoms with Gasteiger partial charge in [-0.3, -0.25) is 14.9 Å². The fourth-order valence-electron chi connectivity index (χ4n) is 1.98. The van der Waals surface area contributed by atoms with Gasteiger partial charge in [0.25, 0.3) is 5.69 Å². The van der Waals surface area contributed by atoms with Crippen molar-refractivity contribution >= 4 is 17.3 Å². The first kappa shape index (κ1) is 16.4. The second-order valence-electron chi connectivity index (χ2n) is 5.15. The van der Waals surface area contributed by atoms with E-state index in [1.807, 2.05) is 19.9 Å². The molecule has 0 fully saturated rings. The molecule has 0 aliphatic rings. The van der Waals surface area contributed by atoms with Crippen LogP contribution in [0.4, 0.5) is 11.4 Å². The summed E-state index contributed by atoms with van der Waals surface area (Å²) in [5.74, 6) is -1.39. The van der Waals surface area contributed by atoms with E-state index in [0.717, 1.165) is 0 Å². The van der Waals surface area contributed by atoms with Crippen LogP contribution in [0, 0.1) is 33.3 Å². The number of nitro groups is 1. The van der Waals surface area contributed by atoms with Gasteiger partial charge in [-0.25, -0.2) is 0 Å². The van der Waals surface area contributed by atoms with E-state index in [1.54, 1.807) is 0 Å². The number of carboxylic acids is 1. The quantitative estimate of drug-likeness (QED) is 0.589. The van der Waals surface area contributed by atoms with Crippen molar-refractivity contribution in [3.8, 4) is 6.07 Å². The van der Waals surface area contributed by atoms with Crippen molar-refractivity contribution in [1.82, 2.24) is 0 Å². The van der Waals surface area contributed by atoms with Crippen molar-refractivity contribution < 1.29 is 14.8 Å². The van der Waals surface area contributed by atoms with Crippen LogP contribution in [0.1, 0.15) is 25.8 Å². The number of benzene rings is 1. The summed E-state index contributed by atoms with van der Waals surface area (Å²) in [7, 11) is 0. The number of anilines is 1. The monoisotopic (exact) mass is 291 g/mol. The number of nitriles is 1. The zero-order valence-corrected chi connectivity index (χ0v) is 11.9. The third kappa shape index (κ3) is 4.76. The Morgan fingerprint density at radius 2 is 2.19 bits per heavy atom. The van der Waals surface area contributed by atoms with E-state index < -0.39 is 16.8 Å². The van der Waals surface area contributed by atoms with Gasteiger partial charge >= 0.3 is 5.97 Å². The Balaban J connectivity index is 2.93. The van der Waals surface area contributed by atoms with Gasteiger partial charge in [-0.1, -0.05) is 13.8 Å². The van der Waals surface area contributed by atoms with Gasteiger partial charge in [-0.15, -0.1) is 0 Å². The van der Waals surface area contributed by atoms with Crippen LogP contribution in [-0.4, -0.2) is 22.5 Å². The van der Waals surface area contributed by atoms with Crippen molar-refractivity contribution in [2.45, 2.75) is 20.3 Å². The van der Waals surface area contributed by atoms with Crippen LogP contribution < -0.4 is 5.32 Å². The van der Waals surface area contributed by atoms with Crippen molar-refractivity contribution in [2.24, 2.45) is 11.8 Å². The SMILES string of the molecule is CC(C)CC(CNc1cc(C#N)ccc1[N+](=O)[O-])C(=O)O. The maximum atomic E-state index is 11.2. The fourth-order valence-corrected chi connectivity index (χ4v) is 1.98. The van der Waals surface area contributed by atoms with Gasteiger partial charge in [0.1, 0.15) is 5.69 Å². The predicted octanol–water partition coefficient (Wildman–Crippen LogP) is 2.63. The van der Waals surface area contributed by atoms with Crippen molar-refractivity contribution in [3.63, 3.8) is 0 Å². The molecule has 0 saturated carbocycles. The number of carbonyl (C=O) groups is 1. The number of hydrogen-bond donors (Lipinski definition) is 2. The molecule has 7 nitrogen and oxygen atoms in total. The molecule has 1 rings (SSSR count). The molecule has 1 atom stereocenters. The average molecular weight is 291 g/mol. The summed E-state index contributed by atoms with van der Waals surface area (Å²) < 4.78 is 0. The molecule has 0 aliphatic carbocycles. The lowest BCUT2D eigenvalue weighted by Crippen LogP contribution is -2.24. The van der Waals surface area contributed by atoms with E-state index in [1.165, 1.54) is 18.2 Å². The Labute approximate surface area is 122 Å². The lowest BCUT2D eigenvalue weighted by molar-refractivity contribution is -0.384. The molecular weight excluding hydrogens is 274 g/mol. The predicted molar refractivity (Wildman–Crippen MR) is 76.9 cm³/mol. The minimum Gasteiger partial charge on any atom is -0.481 e. The smallest absolute Gasteiger partial charge is 0.308 e. The summed E-state index contributed by atoms with van der Waals surface area (Å²) in [6.07, 6.45) is 0.466. The van der Waals surface area contributed by atoms with Crippen LogP contribution in [0.5, 0.6) is 0 Å². The minimum absolute atomic E-state index is 0.0727. The lowest BCUT2D eigenvalue weighted by Gasteiger charge is -2.16. The Morgan fingerprint density at radius 1 is 1.52 bits per heavy atom. The average Bonchev–Trinajstić information content (AvgIpc) is 2.42. The first-order valence-corrected chi connectivity index (χ1v) is 6.50. The maximum Gasteiger partial charge on any atom is 0.308 e. The van der Waals surface area contributed by atoms with Crippen molar-refractivity contribution in [1.29, 1.82) is 5.26 Å². The summed E-state index contributed by atoms with van der Waals surface area (Å²) in [5, 5.41) is 31.7. The second kappa shape index (κ2) is 7.24. The van der Waals surface area contributed by atoms with Gasteiger partial charge in [0.05, 0.1) is 22.5 Å². The molecule has 112 valence electrons. The number of rotatable bonds is 7. The molecule has 0 bridgehead atoms. The van der Waals surface area contributed by atoms with Gasteiger partial charge in [-0.2, -0.15) is 5.26 Å². The van der Waals surface area contributed by atoms with E-state index in [9.17, 15) is 14.9 Å². The first-order chi connectivity index (χ1) is 9.85. The maximum absolute atomic E-state index is 11.2. The first-order valence-electron chi connectivity index (χ1n) is 6.50. The molecule has 0 amide bonds. The van der Waals surface area contributed by atoms with Gasteiger partial charge in [0.15, 0.2) is 0 Å². The largest absolute Gasteiger partial charge is 0.481 e. The van der Waals surface area contributed by atoms with Gasteiger partial charge < -0.3 is 10.4 Å². The normalized spacial score (nSPS) is 11.7. The fraction of sp³-hybridized carbons (Fsp3) is 0.429. The standard InChI is InChI=1S/C14H17N3O4/c1-9(2)5-11(14(18)19)8-16-12-6-10(7-15)3-4-13(12)17(20)21/h3-4,6,9,11,16H,5,8H2,1-2H3,(H,18,19). The summed E-state index contributed by atoms with van der Waals surface area (Å²) in [4.78, 5) is 21.5. The number of carboxylic acid groups (broad SMARTS) is 1. The Bertz CT molecular complexity index is 578. The molecule has 1 unspecified atom stereocenters. The lowest BCUT2D eigenvalue weighted by atomic mass is 9.97. The zero-order valence-electron chi connectivity index (χ0n) is 11.9. The number of hydrogen-bond acceptors (Lipinski definition) is 5. The Hall–Kier alpha value is -2.62. The Morgan fingerprint density at radius 3 is 2.67 bits per heavy atom. The summed E-state index contributed by atoms with van der Waals surface area (Å²) in [6.45, 7) is 3.90. The molecule has 21 heavy (non-hydrogen) atoms. The topological polar surface area (TPSA) is 116 Å². The number of nitro benzene ring substituents is 1. The second-order valence-corrected chi connectivity index (χ2v) is 5.15. The third-order valence-electron chi connectivity index (χ3n) is 2.97. The number of aliphatic carboxylic acids is 1. The van der Waals surface area contributed by atoms with Crippen LogP contribution >= 0.6 is 0 Å². The molecule has 0 aliphatic heterocycles. The van der Waals surface area contributed by atoms with Crippen LogP contribution in [0.25, 0.3) is 0 Å². The van der Waals surface area contributed by atoms with E-state index in [2.05, 4.69) is 5.32 Å². The van der Waals surface area contributed by atoms with Crippen LogP contribution in [0.2, 0.25) is 0 Å². The highest BCUT2D eigenvalue weighted by Gasteiger charge is 2.21. The van der Waals surface area contributed by atoms with E-state index >= 15 is 0 Å². The summed E-state index contributed by atoms with van der Waals surface area (Å²) in [5.41, 5.74) is 0.260. The molecule has 1 aromatic carbocycles. The van der Waals surface area contributed by atoms with Crippen LogP contribution in [0.3, 0.4) is 0 Å². The van der Waals surface area contributed by atoms with Crippen LogP contribution in [-0.2, 0) is 4.79 Å². The summed E-state index contributed by atoms with van der Waals surface area (Å²) in [6, 6.07) is 5.84.